The van der Waals surface area contributed by atoms with Gasteiger partial charge in [0.1, 0.15) is 12.6 Å². The van der Waals surface area contributed by atoms with Crippen molar-refractivity contribution < 1.29 is 14.4 Å². The first kappa shape index (κ1) is 19.0. The second-order valence-electron chi connectivity index (χ2n) is 7.67. The summed E-state index contributed by atoms with van der Waals surface area (Å²) in [6, 6.07) is 16.2. The number of hydrogen-bond donors (Lipinski definition) is 2. The molecule has 2 N–H and O–H groups in total. The van der Waals surface area contributed by atoms with Crippen LogP contribution in [0, 0.1) is 0 Å². The predicted octanol–water partition coefficient (Wildman–Crippen LogP) is 2.27. The molecule has 3 aromatic rings. The number of aromatic amines is 1. The summed E-state index contributed by atoms with van der Waals surface area (Å²) in [6.45, 7) is 0.117. The highest BCUT2D eigenvalue weighted by Gasteiger charge is 2.40. The third-order valence-electron chi connectivity index (χ3n) is 5.70. The second-order valence-corrected chi connectivity index (χ2v) is 7.67. The molecule has 0 spiro atoms. The minimum absolute atomic E-state index is 0.319. The van der Waals surface area contributed by atoms with E-state index in [9.17, 15) is 14.4 Å². The first-order valence-electron chi connectivity index (χ1n) is 10.2. The monoisotopic (exact) mass is 415 g/mol. The van der Waals surface area contributed by atoms with Gasteiger partial charge in [-0.05, 0) is 17.2 Å². The van der Waals surface area contributed by atoms with Crippen LogP contribution in [0.4, 0.5) is 4.79 Å². The van der Waals surface area contributed by atoms with Gasteiger partial charge in [-0.1, -0.05) is 48.5 Å². The fourth-order valence-electron chi connectivity index (χ4n) is 4.07. The summed E-state index contributed by atoms with van der Waals surface area (Å²) in [5.41, 5.74) is 3.71. The number of urea groups is 1. The molecule has 2 aromatic carbocycles. The number of hydrogen-bond acceptors (Lipinski definition) is 4. The Labute approximate surface area is 178 Å². The quantitative estimate of drug-likeness (QED) is 0.626. The molecule has 1 aromatic heterocycles. The number of hydrazone groups is 1. The van der Waals surface area contributed by atoms with E-state index in [1.807, 2.05) is 60.8 Å². The molecule has 0 radical (unpaired) electrons. The standard InChI is InChI=1S/C23H21N5O3/c29-21(28-11-10-18(26-28)15-6-2-1-3-7-15)14-27-22(30)20(25-23(27)31)12-16-13-24-19-9-5-4-8-17(16)19/h1-9,13,20,24H,10-12,14H2,(H,25,31). The molecule has 4 amide bonds. The van der Waals surface area contributed by atoms with E-state index in [1.165, 1.54) is 5.01 Å². The molecule has 1 unspecified atom stereocenters. The summed E-state index contributed by atoms with van der Waals surface area (Å²) in [6.07, 6.45) is 2.85. The number of para-hydroxylation sites is 1. The van der Waals surface area contributed by atoms with Crippen molar-refractivity contribution in [3.8, 4) is 0 Å². The fraction of sp³-hybridized carbons (Fsp3) is 0.217. The maximum absolute atomic E-state index is 12.8. The molecule has 1 saturated heterocycles. The van der Waals surface area contributed by atoms with Gasteiger partial charge in [0.25, 0.3) is 11.8 Å². The highest BCUT2D eigenvalue weighted by atomic mass is 16.2. The van der Waals surface area contributed by atoms with E-state index in [4.69, 9.17) is 0 Å². The topological polar surface area (TPSA) is 97.9 Å². The molecule has 2 aliphatic heterocycles. The third kappa shape index (κ3) is 3.56. The second kappa shape index (κ2) is 7.71. The molecule has 31 heavy (non-hydrogen) atoms. The molecule has 1 atom stereocenters. The molecule has 2 aliphatic rings. The molecule has 0 bridgehead atoms. The Morgan fingerprint density at radius 3 is 2.68 bits per heavy atom. The Hall–Kier alpha value is -3.94. The SMILES string of the molecule is O=C(CN1C(=O)NC(Cc2c[nH]c3ccccc23)C1=O)N1CCC(c2ccccc2)=N1. The van der Waals surface area contributed by atoms with Crippen molar-refractivity contribution in [2.75, 3.05) is 13.1 Å². The number of nitrogens with zero attached hydrogens (tertiary/aromatic N) is 3. The maximum Gasteiger partial charge on any atom is 0.325 e. The Bertz CT molecular complexity index is 1200. The number of amides is 4. The average Bonchev–Trinajstić information content (AvgIpc) is 3.50. The zero-order valence-corrected chi connectivity index (χ0v) is 16.7. The summed E-state index contributed by atoms with van der Waals surface area (Å²) in [5, 5.41) is 9.45. The number of imide groups is 1. The van der Waals surface area contributed by atoms with Crippen molar-refractivity contribution >= 4 is 34.5 Å². The molecule has 8 nitrogen and oxygen atoms in total. The number of carbonyl (C=O) groups excluding carboxylic acids is 3. The van der Waals surface area contributed by atoms with Gasteiger partial charge in [-0.3, -0.25) is 14.5 Å². The van der Waals surface area contributed by atoms with Crippen LogP contribution in [0.1, 0.15) is 17.5 Å². The van der Waals surface area contributed by atoms with Crippen LogP contribution < -0.4 is 5.32 Å². The number of fused-ring (bicyclic) bond motifs is 1. The molecule has 8 heteroatoms. The lowest BCUT2D eigenvalue weighted by Gasteiger charge is -2.16. The van der Waals surface area contributed by atoms with Crippen LogP contribution in [-0.4, -0.2) is 57.6 Å². The Kier molecular flexibility index (Phi) is 4.74. The van der Waals surface area contributed by atoms with Crippen LogP contribution in [0.25, 0.3) is 10.9 Å². The lowest BCUT2D eigenvalue weighted by Crippen LogP contribution is -2.41. The van der Waals surface area contributed by atoms with Gasteiger partial charge in [0.15, 0.2) is 0 Å². The lowest BCUT2D eigenvalue weighted by atomic mass is 10.1. The largest absolute Gasteiger partial charge is 0.361 e. The number of nitrogens with one attached hydrogen (secondary N) is 2. The van der Waals surface area contributed by atoms with E-state index in [0.717, 1.165) is 32.6 Å². The molecule has 0 saturated carbocycles. The average molecular weight is 415 g/mol. The van der Waals surface area contributed by atoms with Gasteiger partial charge in [0.2, 0.25) is 0 Å². The van der Waals surface area contributed by atoms with E-state index < -0.39 is 18.0 Å². The van der Waals surface area contributed by atoms with E-state index in [-0.39, 0.29) is 12.5 Å². The molecular weight excluding hydrogens is 394 g/mol. The van der Waals surface area contributed by atoms with Crippen molar-refractivity contribution in [3.63, 3.8) is 0 Å². The maximum atomic E-state index is 12.8. The number of benzene rings is 2. The number of aromatic nitrogens is 1. The van der Waals surface area contributed by atoms with Crippen molar-refractivity contribution in [1.82, 2.24) is 20.2 Å². The zero-order chi connectivity index (χ0) is 21.4. The Morgan fingerprint density at radius 1 is 1.06 bits per heavy atom. The summed E-state index contributed by atoms with van der Waals surface area (Å²) >= 11 is 0. The van der Waals surface area contributed by atoms with Gasteiger partial charge in [-0.25, -0.2) is 9.80 Å². The van der Waals surface area contributed by atoms with E-state index in [2.05, 4.69) is 15.4 Å². The van der Waals surface area contributed by atoms with Crippen molar-refractivity contribution in [2.24, 2.45) is 5.10 Å². The minimum atomic E-state index is -0.693. The number of H-pyrrole nitrogens is 1. The number of rotatable bonds is 5. The van der Waals surface area contributed by atoms with Gasteiger partial charge >= 0.3 is 6.03 Å². The summed E-state index contributed by atoms with van der Waals surface area (Å²) in [5.74, 6) is -0.766. The van der Waals surface area contributed by atoms with Crippen LogP contribution in [-0.2, 0) is 16.0 Å². The normalized spacial score (nSPS) is 18.6. The lowest BCUT2D eigenvalue weighted by molar-refractivity contribution is -0.137. The van der Waals surface area contributed by atoms with Gasteiger partial charge < -0.3 is 10.3 Å². The van der Waals surface area contributed by atoms with Crippen LogP contribution in [0.15, 0.2) is 65.9 Å². The Balaban J connectivity index is 1.26. The van der Waals surface area contributed by atoms with Gasteiger partial charge in [-0.15, -0.1) is 0 Å². The van der Waals surface area contributed by atoms with Crippen molar-refractivity contribution in [2.45, 2.75) is 18.9 Å². The van der Waals surface area contributed by atoms with Crippen LogP contribution in [0.3, 0.4) is 0 Å². The van der Waals surface area contributed by atoms with E-state index in [0.29, 0.717) is 19.4 Å². The zero-order valence-electron chi connectivity index (χ0n) is 16.7. The number of carbonyl (C=O) groups is 3. The highest BCUT2D eigenvalue weighted by molar-refractivity contribution is 6.07. The first-order valence-corrected chi connectivity index (χ1v) is 10.2. The van der Waals surface area contributed by atoms with Gasteiger partial charge in [0, 0.05) is 29.9 Å². The molecular formula is C23H21N5O3. The summed E-state index contributed by atoms with van der Waals surface area (Å²) in [4.78, 5) is 42.1. The summed E-state index contributed by atoms with van der Waals surface area (Å²) in [7, 11) is 0. The van der Waals surface area contributed by atoms with E-state index >= 15 is 0 Å². The van der Waals surface area contributed by atoms with Gasteiger partial charge in [-0.2, -0.15) is 5.10 Å². The smallest absolute Gasteiger partial charge is 0.325 e. The van der Waals surface area contributed by atoms with Crippen molar-refractivity contribution in [1.29, 1.82) is 0 Å². The first-order chi connectivity index (χ1) is 15.1. The van der Waals surface area contributed by atoms with Crippen LogP contribution >= 0.6 is 0 Å². The fourth-order valence-corrected chi connectivity index (χ4v) is 4.07. The molecule has 156 valence electrons. The molecule has 3 heterocycles. The van der Waals surface area contributed by atoms with Crippen LogP contribution in [0.5, 0.6) is 0 Å². The molecule has 0 aliphatic carbocycles. The minimum Gasteiger partial charge on any atom is -0.361 e. The van der Waals surface area contributed by atoms with Gasteiger partial charge in [0.05, 0.1) is 12.3 Å². The van der Waals surface area contributed by atoms with E-state index in [1.54, 1.807) is 0 Å². The molecule has 5 rings (SSSR count). The third-order valence-corrected chi connectivity index (χ3v) is 5.70. The predicted molar refractivity (Wildman–Crippen MR) is 115 cm³/mol. The Morgan fingerprint density at radius 2 is 1.84 bits per heavy atom. The molecule has 1 fully saturated rings. The van der Waals surface area contributed by atoms with Crippen LogP contribution in [0.2, 0.25) is 0 Å². The highest BCUT2D eigenvalue weighted by Crippen LogP contribution is 2.21. The van der Waals surface area contributed by atoms with Crippen molar-refractivity contribution in [3.05, 3.63) is 71.9 Å². The summed E-state index contributed by atoms with van der Waals surface area (Å²) < 4.78 is 0.